The van der Waals surface area contributed by atoms with Gasteiger partial charge in [0, 0.05) is 30.3 Å². The number of piperidine rings is 1. The van der Waals surface area contributed by atoms with Crippen LogP contribution in [0.1, 0.15) is 40.5 Å². The van der Waals surface area contributed by atoms with Crippen LogP contribution in [0, 0.1) is 5.92 Å². The first-order chi connectivity index (χ1) is 13.5. The van der Waals surface area contributed by atoms with Crippen molar-refractivity contribution in [3.63, 3.8) is 0 Å². The van der Waals surface area contributed by atoms with E-state index in [0.29, 0.717) is 34.2 Å². The van der Waals surface area contributed by atoms with Crippen LogP contribution in [0.2, 0.25) is 0 Å². The molecule has 2 aromatic rings. The average Bonchev–Trinajstić information content (AvgIpc) is 2.73. The first-order valence-corrected chi connectivity index (χ1v) is 9.44. The summed E-state index contributed by atoms with van der Waals surface area (Å²) in [6, 6.07) is 12.0. The Kier molecular flexibility index (Phi) is 6.19. The molecule has 6 heteroatoms. The van der Waals surface area contributed by atoms with Crippen LogP contribution in [0.5, 0.6) is 11.5 Å². The van der Waals surface area contributed by atoms with Gasteiger partial charge >= 0.3 is 0 Å². The Labute approximate surface area is 165 Å². The molecule has 2 amide bonds. The molecule has 0 aliphatic carbocycles. The topological polar surface area (TPSA) is 67.9 Å². The first-order valence-electron chi connectivity index (χ1n) is 9.44. The van der Waals surface area contributed by atoms with E-state index in [2.05, 4.69) is 12.2 Å². The molecule has 148 valence electrons. The number of amides is 2. The molecule has 1 unspecified atom stereocenters. The van der Waals surface area contributed by atoms with E-state index in [0.717, 1.165) is 25.9 Å². The second kappa shape index (κ2) is 8.78. The number of hydrogen-bond acceptors (Lipinski definition) is 4. The van der Waals surface area contributed by atoms with E-state index in [4.69, 9.17) is 9.47 Å². The van der Waals surface area contributed by atoms with Crippen molar-refractivity contribution in [2.45, 2.75) is 19.8 Å². The van der Waals surface area contributed by atoms with Gasteiger partial charge in [0.15, 0.2) is 0 Å². The minimum atomic E-state index is -0.312. The van der Waals surface area contributed by atoms with Gasteiger partial charge in [-0.05, 0) is 49.1 Å². The fourth-order valence-electron chi connectivity index (χ4n) is 3.46. The van der Waals surface area contributed by atoms with Gasteiger partial charge in [0.1, 0.15) is 11.5 Å². The van der Waals surface area contributed by atoms with Crippen LogP contribution < -0.4 is 14.8 Å². The molecule has 3 rings (SSSR count). The molecule has 1 atom stereocenters. The fraction of sp³-hybridized carbons (Fsp3) is 0.364. The van der Waals surface area contributed by atoms with Crippen molar-refractivity contribution >= 4 is 17.5 Å². The molecular weight excluding hydrogens is 356 g/mol. The summed E-state index contributed by atoms with van der Waals surface area (Å²) in [5, 5.41) is 2.84. The summed E-state index contributed by atoms with van der Waals surface area (Å²) in [6.45, 7) is 3.68. The lowest BCUT2D eigenvalue weighted by Gasteiger charge is -2.31. The van der Waals surface area contributed by atoms with Gasteiger partial charge in [0.05, 0.1) is 19.9 Å². The van der Waals surface area contributed by atoms with Crippen LogP contribution in [0.4, 0.5) is 5.69 Å². The van der Waals surface area contributed by atoms with Gasteiger partial charge in [0.25, 0.3) is 11.8 Å². The molecule has 6 nitrogen and oxygen atoms in total. The number of ether oxygens (including phenoxy) is 2. The summed E-state index contributed by atoms with van der Waals surface area (Å²) in [5.74, 6) is 1.31. The quantitative estimate of drug-likeness (QED) is 0.853. The van der Waals surface area contributed by atoms with Gasteiger partial charge in [-0.1, -0.05) is 13.0 Å². The zero-order valence-electron chi connectivity index (χ0n) is 16.5. The second-order valence-corrected chi connectivity index (χ2v) is 7.10. The Morgan fingerprint density at radius 1 is 1.07 bits per heavy atom. The van der Waals surface area contributed by atoms with Crippen LogP contribution >= 0.6 is 0 Å². The van der Waals surface area contributed by atoms with Crippen molar-refractivity contribution in [2.75, 3.05) is 32.6 Å². The zero-order chi connectivity index (χ0) is 20.1. The summed E-state index contributed by atoms with van der Waals surface area (Å²) in [7, 11) is 3.10. The average molecular weight is 382 g/mol. The number of nitrogens with zero attached hydrogens (tertiary/aromatic N) is 1. The number of hydrogen-bond donors (Lipinski definition) is 1. The molecule has 1 saturated heterocycles. The number of carbonyl (C=O) groups excluding carboxylic acids is 2. The van der Waals surface area contributed by atoms with Gasteiger partial charge < -0.3 is 19.7 Å². The number of likely N-dealkylation sites (tertiary alicyclic amines) is 1. The third-order valence-corrected chi connectivity index (χ3v) is 4.97. The normalized spacial score (nSPS) is 16.4. The SMILES string of the molecule is COc1ccc(OC)c(NC(=O)c2cccc(C(=O)N3CCCC(C)C3)c2)c1. The highest BCUT2D eigenvalue weighted by atomic mass is 16.5. The van der Waals surface area contributed by atoms with Gasteiger partial charge in [-0.2, -0.15) is 0 Å². The maximum Gasteiger partial charge on any atom is 0.255 e. The van der Waals surface area contributed by atoms with E-state index < -0.39 is 0 Å². The van der Waals surface area contributed by atoms with Gasteiger partial charge in [-0.3, -0.25) is 9.59 Å². The number of benzene rings is 2. The summed E-state index contributed by atoms with van der Waals surface area (Å²) in [6.07, 6.45) is 2.16. The van der Waals surface area contributed by atoms with Crippen molar-refractivity contribution in [3.8, 4) is 11.5 Å². The predicted octanol–water partition coefficient (Wildman–Crippen LogP) is 3.83. The molecule has 0 bridgehead atoms. The van der Waals surface area contributed by atoms with Crippen LogP contribution in [-0.4, -0.2) is 44.0 Å². The van der Waals surface area contributed by atoms with E-state index in [1.165, 1.54) is 7.11 Å². The highest BCUT2D eigenvalue weighted by molar-refractivity contribution is 6.06. The molecule has 1 N–H and O–H groups in total. The summed E-state index contributed by atoms with van der Waals surface area (Å²) < 4.78 is 10.5. The first kappa shape index (κ1) is 19.7. The summed E-state index contributed by atoms with van der Waals surface area (Å²) >= 11 is 0. The monoisotopic (exact) mass is 382 g/mol. The number of methoxy groups -OCH3 is 2. The molecule has 0 spiro atoms. The lowest BCUT2D eigenvalue weighted by molar-refractivity contribution is 0.0683. The molecule has 1 heterocycles. The van der Waals surface area contributed by atoms with Crippen molar-refractivity contribution < 1.29 is 19.1 Å². The Balaban J connectivity index is 1.78. The molecular formula is C22H26N2O4. The lowest BCUT2D eigenvalue weighted by Crippen LogP contribution is -2.39. The standard InChI is InChI=1S/C22H26N2O4/c1-15-6-5-11-24(14-15)22(26)17-8-4-7-16(12-17)21(25)23-19-13-18(27-2)9-10-20(19)28-3/h4,7-10,12-13,15H,5-6,11,14H2,1-3H3,(H,23,25). The highest BCUT2D eigenvalue weighted by Crippen LogP contribution is 2.29. The smallest absolute Gasteiger partial charge is 0.255 e. The Morgan fingerprint density at radius 3 is 2.57 bits per heavy atom. The van der Waals surface area contributed by atoms with Gasteiger partial charge in [-0.15, -0.1) is 0 Å². The van der Waals surface area contributed by atoms with Crippen molar-refractivity contribution in [3.05, 3.63) is 53.6 Å². The number of anilines is 1. The zero-order valence-corrected chi connectivity index (χ0v) is 16.5. The molecule has 0 saturated carbocycles. The van der Waals surface area contributed by atoms with Crippen LogP contribution in [0.25, 0.3) is 0 Å². The highest BCUT2D eigenvalue weighted by Gasteiger charge is 2.22. The number of carbonyl (C=O) groups is 2. The summed E-state index contributed by atoms with van der Waals surface area (Å²) in [5.41, 5.74) is 1.45. The van der Waals surface area contributed by atoms with E-state index in [9.17, 15) is 9.59 Å². The molecule has 0 aromatic heterocycles. The molecule has 2 aromatic carbocycles. The Hall–Kier alpha value is -3.02. The molecule has 1 aliphatic rings. The maximum absolute atomic E-state index is 12.8. The molecule has 1 fully saturated rings. The number of rotatable bonds is 5. The third kappa shape index (κ3) is 4.44. The largest absolute Gasteiger partial charge is 0.497 e. The Bertz CT molecular complexity index is 865. The molecule has 28 heavy (non-hydrogen) atoms. The van der Waals surface area contributed by atoms with Crippen molar-refractivity contribution in [2.24, 2.45) is 5.92 Å². The number of nitrogens with one attached hydrogen (secondary N) is 1. The van der Waals surface area contributed by atoms with E-state index in [1.807, 2.05) is 4.90 Å². The van der Waals surface area contributed by atoms with Crippen molar-refractivity contribution in [1.82, 2.24) is 4.90 Å². The molecule has 0 radical (unpaired) electrons. The van der Waals surface area contributed by atoms with Crippen molar-refractivity contribution in [1.29, 1.82) is 0 Å². The minimum Gasteiger partial charge on any atom is -0.497 e. The third-order valence-electron chi connectivity index (χ3n) is 4.97. The lowest BCUT2D eigenvalue weighted by atomic mass is 9.99. The van der Waals surface area contributed by atoms with Crippen LogP contribution in [0.3, 0.4) is 0 Å². The van der Waals surface area contributed by atoms with E-state index in [1.54, 1.807) is 49.6 Å². The van der Waals surface area contributed by atoms with Gasteiger partial charge in [0.2, 0.25) is 0 Å². The van der Waals surface area contributed by atoms with Crippen LogP contribution in [-0.2, 0) is 0 Å². The molecule has 1 aliphatic heterocycles. The predicted molar refractivity (Wildman–Crippen MR) is 108 cm³/mol. The second-order valence-electron chi connectivity index (χ2n) is 7.10. The van der Waals surface area contributed by atoms with Gasteiger partial charge in [-0.25, -0.2) is 0 Å². The van der Waals surface area contributed by atoms with E-state index in [-0.39, 0.29) is 11.8 Å². The van der Waals surface area contributed by atoms with Crippen LogP contribution in [0.15, 0.2) is 42.5 Å². The fourth-order valence-corrected chi connectivity index (χ4v) is 3.46. The maximum atomic E-state index is 12.8. The van der Waals surface area contributed by atoms with E-state index >= 15 is 0 Å². The summed E-state index contributed by atoms with van der Waals surface area (Å²) in [4.78, 5) is 27.4. The Morgan fingerprint density at radius 2 is 1.86 bits per heavy atom. The minimum absolute atomic E-state index is 0.0276.